The first-order valence-corrected chi connectivity index (χ1v) is 6.27. The highest BCUT2D eigenvalue weighted by Crippen LogP contribution is 2.13. The number of rotatable bonds is 8. The minimum absolute atomic E-state index is 0.244. The van der Waals surface area contributed by atoms with Gasteiger partial charge in [0.05, 0.1) is 6.10 Å². The molecule has 0 fully saturated rings. The molecule has 0 aromatic rings. The number of aliphatic hydroxyl groups is 1. The van der Waals surface area contributed by atoms with Crippen molar-refractivity contribution in [3.05, 3.63) is 23.8 Å². The topological polar surface area (TPSA) is 20.2 Å². The second-order valence-electron chi connectivity index (χ2n) is 3.93. The quantitative estimate of drug-likeness (QED) is 0.469. The van der Waals surface area contributed by atoms with Crippen LogP contribution in [0, 0.1) is 0 Å². The molecular formula is C14H26O. The van der Waals surface area contributed by atoms with Crippen molar-refractivity contribution in [3.8, 4) is 0 Å². The molecule has 0 amide bonds. The molecule has 0 aliphatic rings. The Kier molecular flexibility index (Phi) is 9.60. The third kappa shape index (κ3) is 8.44. The molecule has 1 N–H and O–H groups in total. The molecule has 0 spiro atoms. The van der Waals surface area contributed by atoms with Gasteiger partial charge in [0.25, 0.3) is 0 Å². The Morgan fingerprint density at radius 1 is 1.20 bits per heavy atom. The molecular weight excluding hydrogens is 184 g/mol. The lowest BCUT2D eigenvalue weighted by molar-refractivity contribution is 0.217. The fraction of sp³-hybridized carbons (Fsp3) is 0.714. The van der Waals surface area contributed by atoms with Gasteiger partial charge in [0.1, 0.15) is 0 Å². The molecule has 1 nitrogen and oxygen atoms in total. The number of hydrogen-bond acceptors (Lipinski definition) is 1. The number of allylic oxidation sites excluding steroid dienone is 3. The molecule has 0 heterocycles. The minimum atomic E-state index is -0.244. The van der Waals surface area contributed by atoms with Crippen LogP contribution < -0.4 is 0 Å². The summed E-state index contributed by atoms with van der Waals surface area (Å²) in [6.45, 7) is 6.33. The van der Waals surface area contributed by atoms with E-state index in [-0.39, 0.29) is 6.10 Å². The predicted octanol–water partition coefficient (Wildman–Crippen LogP) is 4.23. The van der Waals surface area contributed by atoms with Crippen LogP contribution in [0.3, 0.4) is 0 Å². The number of hydrogen-bond donors (Lipinski definition) is 1. The Hall–Kier alpha value is -0.560. The van der Waals surface area contributed by atoms with Gasteiger partial charge >= 0.3 is 0 Å². The van der Waals surface area contributed by atoms with Crippen molar-refractivity contribution in [1.82, 2.24) is 0 Å². The van der Waals surface area contributed by atoms with Crippen LogP contribution in [0.15, 0.2) is 23.8 Å². The van der Waals surface area contributed by atoms with E-state index in [1.807, 2.05) is 13.0 Å². The van der Waals surface area contributed by atoms with E-state index in [1.54, 1.807) is 0 Å². The molecule has 0 aromatic heterocycles. The SMILES string of the molecule is CCC=CCCCC(=CC(O)CC)CC. The lowest BCUT2D eigenvalue weighted by Gasteiger charge is -2.07. The smallest absolute Gasteiger partial charge is 0.0720 e. The van der Waals surface area contributed by atoms with Crippen LogP contribution in [0.2, 0.25) is 0 Å². The van der Waals surface area contributed by atoms with E-state index in [9.17, 15) is 5.11 Å². The minimum Gasteiger partial charge on any atom is -0.389 e. The molecule has 0 radical (unpaired) electrons. The molecule has 0 aromatic carbocycles. The van der Waals surface area contributed by atoms with Gasteiger partial charge in [-0.05, 0) is 38.5 Å². The molecule has 0 aliphatic heterocycles. The van der Waals surface area contributed by atoms with Crippen molar-refractivity contribution < 1.29 is 5.11 Å². The summed E-state index contributed by atoms with van der Waals surface area (Å²) in [5.74, 6) is 0. The Labute approximate surface area is 94.9 Å². The van der Waals surface area contributed by atoms with Crippen LogP contribution in [-0.2, 0) is 0 Å². The number of unbranched alkanes of at least 4 members (excludes halogenated alkanes) is 1. The maximum atomic E-state index is 9.51. The van der Waals surface area contributed by atoms with Gasteiger partial charge in [0, 0.05) is 0 Å². The Morgan fingerprint density at radius 3 is 2.47 bits per heavy atom. The Morgan fingerprint density at radius 2 is 1.93 bits per heavy atom. The normalized spacial score (nSPS) is 14.8. The van der Waals surface area contributed by atoms with Gasteiger partial charge in [-0.1, -0.05) is 44.6 Å². The summed E-state index contributed by atoms with van der Waals surface area (Å²) in [4.78, 5) is 0. The summed E-state index contributed by atoms with van der Waals surface area (Å²) in [7, 11) is 0. The summed E-state index contributed by atoms with van der Waals surface area (Å²) in [6.07, 6.45) is 12.8. The average molecular weight is 210 g/mol. The monoisotopic (exact) mass is 210 g/mol. The standard InChI is InChI=1S/C14H26O/c1-4-7-8-9-10-11-13(5-2)12-14(15)6-3/h7-8,12,14-15H,4-6,9-11H2,1-3H3. The van der Waals surface area contributed by atoms with Gasteiger partial charge in [-0.25, -0.2) is 0 Å². The van der Waals surface area contributed by atoms with Crippen LogP contribution in [0.5, 0.6) is 0 Å². The third-order valence-electron chi connectivity index (χ3n) is 2.57. The molecule has 0 rings (SSSR count). The summed E-state index contributed by atoms with van der Waals surface area (Å²) >= 11 is 0. The maximum absolute atomic E-state index is 9.51. The Bertz CT molecular complexity index is 192. The van der Waals surface area contributed by atoms with Crippen molar-refractivity contribution in [2.75, 3.05) is 0 Å². The van der Waals surface area contributed by atoms with E-state index < -0.39 is 0 Å². The second kappa shape index (κ2) is 9.97. The van der Waals surface area contributed by atoms with Crippen LogP contribution in [0.25, 0.3) is 0 Å². The van der Waals surface area contributed by atoms with Crippen molar-refractivity contribution in [3.63, 3.8) is 0 Å². The zero-order valence-corrected chi connectivity index (χ0v) is 10.5. The fourth-order valence-electron chi connectivity index (χ4n) is 1.50. The summed E-state index contributed by atoms with van der Waals surface area (Å²) in [5.41, 5.74) is 1.40. The van der Waals surface area contributed by atoms with Gasteiger partial charge in [-0.2, -0.15) is 0 Å². The molecule has 1 atom stereocenters. The first-order chi connectivity index (χ1) is 7.24. The molecule has 88 valence electrons. The van der Waals surface area contributed by atoms with Crippen molar-refractivity contribution in [2.45, 2.75) is 65.4 Å². The largest absolute Gasteiger partial charge is 0.389 e. The van der Waals surface area contributed by atoms with Crippen LogP contribution >= 0.6 is 0 Å². The average Bonchev–Trinajstić information content (AvgIpc) is 2.26. The molecule has 1 unspecified atom stereocenters. The van der Waals surface area contributed by atoms with E-state index in [0.29, 0.717) is 0 Å². The molecule has 15 heavy (non-hydrogen) atoms. The van der Waals surface area contributed by atoms with Gasteiger partial charge < -0.3 is 5.11 Å². The fourth-order valence-corrected chi connectivity index (χ4v) is 1.50. The zero-order chi connectivity index (χ0) is 11.5. The van der Waals surface area contributed by atoms with Gasteiger partial charge in [0.15, 0.2) is 0 Å². The predicted molar refractivity (Wildman–Crippen MR) is 68.0 cm³/mol. The first kappa shape index (κ1) is 14.4. The van der Waals surface area contributed by atoms with Crippen molar-refractivity contribution >= 4 is 0 Å². The van der Waals surface area contributed by atoms with Gasteiger partial charge in [0.2, 0.25) is 0 Å². The summed E-state index contributed by atoms with van der Waals surface area (Å²) in [6, 6.07) is 0. The van der Waals surface area contributed by atoms with Crippen LogP contribution in [-0.4, -0.2) is 11.2 Å². The molecule has 0 bridgehead atoms. The lowest BCUT2D eigenvalue weighted by Crippen LogP contribution is -2.00. The van der Waals surface area contributed by atoms with E-state index in [1.165, 1.54) is 12.0 Å². The van der Waals surface area contributed by atoms with Crippen LogP contribution in [0.4, 0.5) is 0 Å². The summed E-state index contributed by atoms with van der Waals surface area (Å²) in [5, 5.41) is 9.51. The van der Waals surface area contributed by atoms with Crippen molar-refractivity contribution in [1.29, 1.82) is 0 Å². The highest BCUT2D eigenvalue weighted by molar-refractivity contribution is 5.04. The van der Waals surface area contributed by atoms with Crippen LogP contribution in [0.1, 0.15) is 59.3 Å². The zero-order valence-electron chi connectivity index (χ0n) is 10.5. The van der Waals surface area contributed by atoms with Crippen molar-refractivity contribution in [2.24, 2.45) is 0 Å². The van der Waals surface area contributed by atoms with Gasteiger partial charge in [-0.15, -0.1) is 0 Å². The lowest BCUT2D eigenvalue weighted by atomic mass is 10.0. The molecule has 0 saturated heterocycles. The molecule has 0 saturated carbocycles. The molecule has 1 heteroatoms. The third-order valence-corrected chi connectivity index (χ3v) is 2.57. The first-order valence-electron chi connectivity index (χ1n) is 6.27. The Balaban J connectivity index is 3.79. The van der Waals surface area contributed by atoms with E-state index in [4.69, 9.17) is 0 Å². The highest BCUT2D eigenvalue weighted by Gasteiger charge is 1.99. The van der Waals surface area contributed by atoms with Gasteiger partial charge in [-0.3, -0.25) is 0 Å². The second-order valence-corrected chi connectivity index (χ2v) is 3.93. The number of aliphatic hydroxyl groups excluding tert-OH is 1. The van der Waals surface area contributed by atoms with E-state index >= 15 is 0 Å². The van der Waals surface area contributed by atoms with E-state index in [2.05, 4.69) is 26.0 Å². The highest BCUT2D eigenvalue weighted by atomic mass is 16.3. The summed E-state index contributed by atoms with van der Waals surface area (Å²) < 4.78 is 0. The molecule has 0 aliphatic carbocycles. The maximum Gasteiger partial charge on any atom is 0.0720 e. The van der Waals surface area contributed by atoms with E-state index in [0.717, 1.165) is 32.1 Å².